The third-order valence-corrected chi connectivity index (χ3v) is 12.7. The van der Waals surface area contributed by atoms with Gasteiger partial charge in [-0.05, 0) is 151 Å². The van der Waals surface area contributed by atoms with Crippen LogP contribution < -0.4 is 26.6 Å². The van der Waals surface area contributed by atoms with Gasteiger partial charge in [-0.2, -0.15) is 0 Å². The molecule has 4 aromatic carbocycles. The first-order valence-electron chi connectivity index (χ1n) is 23.1. The molecule has 3 fully saturated rings. The van der Waals surface area contributed by atoms with Crippen LogP contribution in [0.25, 0.3) is 0 Å². The molecular formula is C51H55Cl2N7O8. The fraction of sp³-hybridized carbons (Fsp3) is 0.373. The molecule has 0 unspecified atom stereocenters. The van der Waals surface area contributed by atoms with Crippen LogP contribution >= 0.6 is 23.2 Å². The van der Waals surface area contributed by atoms with Crippen molar-refractivity contribution >= 4 is 92.7 Å². The van der Waals surface area contributed by atoms with Crippen LogP contribution in [0.5, 0.6) is 0 Å². The van der Waals surface area contributed by atoms with Crippen molar-refractivity contribution in [2.45, 2.75) is 57.8 Å². The molecule has 3 saturated heterocycles. The van der Waals surface area contributed by atoms with E-state index in [-0.39, 0.29) is 80.1 Å². The molecule has 0 saturated carbocycles. The molecule has 0 aromatic heterocycles. The average molecular weight is 965 g/mol. The van der Waals surface area contributed by atoms with E-state index in [9.17, 15) is 38.4 Å². The van der Waals surface area contributed by atoms with Gasteiger partial charge in [0.15, 0.2) is 23.1 Å². The normalized spacial score (nSPS) is 16.5. The fourth-order valence-electron chi connectivity index (χ4n) is 8.84. The number of amides is 4. The lowest BCUT2D eigenvalue weighted by Crippen LogP contribution is -2.37. The largest absolute Gasteiger partial charge is 0.325 e. The van der Waals surface area contributed by atoms with Crippen molar-refractivity contribution in [1.82, 2.24) is 15.1 Å². The van der Waals surface area contributed by atoms with E-state index in [1.165, 1.54) is 81.6 Å². The minimum absolute atomic E-state index is 0.134. The van der Waals surface area contributed by atoms with E-state index >= 15 is 0 Å². The van der Waals surface area contributed by atoms with Gasteiger partial charge >= 0.3 is 0 Å². The molecule has 2 aliphatic carbocycles. The summed E-state index contributed by atoms with van der Waals surface area (Å²) in [6.07, 6.45) is 11.0. The lowest BCUT2D eigenvalue weighted by molar-refractivity contribution is -0.118. The Labute approximate surface area is 405 Å². The van der Waals surface area contributed by atoms with Gasteiger partial charge in [0.05, 0.1) is 13.1 Å². The third kappa shape index (κ3) is 12.7. The van der Waals surface area contributed by atoms with Gasteiger partial charge in [-0.3, -0.25) is 48.2 Å². The summed E-state index contributed by atoms with van der Waals surface area (Å²) in [6.45, 7) is 6.79. The van der Waals surface area contributed by atoms with Crippen LogP contribution in [0.15, 0.2) is 72.8 Å². The van der Waals surface area contributed by atoms with Crippen molar-refractivity contribution in [3.63, 3.8) is 0 Å². The first kappa shape index (κ1) is 49.8. The average Bonchev–Trinajstić information content (AvgIpc) is 3.36. The Hall–Kier alpha value is -6.10. The van der Waals surface area contributed by atoms with Crippen molar-refractivity contribution in [2.24, 2.45) is 0 Å². The van der Waals surface area contributed by atoms with E-state index in [4.69, 9.17) is 23.2 Å². The second-order valence-electron chi connectivity index (χ2n) is 17.3. The predicted molar refractivity (Wildman–Crippen MR) is 263 cm³/mol. The van der Waals surface area contributed by atoms with Crippen molar-refractivity contribution in [3.05, 3.63) is 117 Å². The molecule has 17 heteroatoms. The molecule has 4 aromatic rings. The van der Waals surface area contributed by atoms with Crippen LogP contribution in [0.2, 0.25) is 0 Å². The number of fused-ring (bicyclic) bond motifs is 4. The highest BCUT2D eigenvalue weighted by Gasteiger charge is 2.32. The number of halogens is 2. The van der Waals surface area contributed by atoms with Gasteiger partial charge in [-0.25, -0.2) is 0 Å². The molecule has 5 aliphatic rings. The fourth-order valence-corrected chi connectivity index (χ4v) is 8.98. The van der Waals surface area contributed by atoms with Crippen molar-refractivity contribution in [2.75, 3.05) is 85.4 Å². The first-order chi connectivity index (χ1) is 32.9. The smallest absolute Gasteiger partial charge is 0.239 e. The lowest BCUT2D eigenvalue weighted by Gasteiger charge is -2.26. The zero-order valence-corrected chi connectivity index (χ0v) is 39.3. The van der Waals surface area contributed by atoms with Crippen molar-refractivity contribution < 1.29 is 38.4 Å². The first-order valence-corrected chi connectivity index (χ1v) is 24.2. The number of hydrogen-bond acceptors (Lipinski definition) is 11. The molecule has 0 radical (unpaired) electrons. The maximum Gasteiger partial charge on any atom is 0.239 e. The summed E-state index contributed by atoms with van der Waals surface area (Å²) in [7, 11) is 0. The highest BCUT2D eigenvalue weighted by Crippen LogP contribution is 2.33. The molecule has 5 N–H and O–H groups in total. The van der Waals surface area contributed by atoms with Gasteiger partial charge < -0.3 is 26.6 Å². The Balaban J connectivity index is 0.000000186. The standard InChI is InChI=1S/C28H32N4O4.C18H12Cl2N2O4.C5H11N/c33-25(17-31-11-3-1-4-12-31)29-19-7-9-21-23(15-19)28(36)24-16-20(8-10-22(24)27(21)35)30-26(34)18-32-13-5-2-6-14-32;19-7-15(23)21-9-1-3-11-13(5-9)18(26)14-6-10(22-16(24)8-20)2-4-12(14)17(11)25;1-2-4-6-5-3-1/h7-10,15-16H,1-6,11-14,17-18H2,(H,29,33)(H,30,34);1-6H,7-8H2,(H,21,23)(H,22,24);6H,1-5H2. The Bertz CT molecular complexity index is 2430. The Morgan fingerprint density at radius 3 is 0.941 bits per heavy atom. The topological polar surface area (TPSA) is 203 Å². The van der Waals surface area contributed by atoms with Crippen LogP contribution in [0.4, 0.5) is 22.7 Å². The molecule has 3 aliphatic heterocycles. The molecule has 356 valence electrons. The number of likely N-dealkylation sites (tertiary alicyclic amines) is 2. The maximum atomic E-state index is 13.4. The maximum absolute atomic E-state index is 13.4. The van der Waals surface area contributed by atoms with E-state index in [0.717, 1.165) is 51.9 Å². The van der Waals surface area contributed by atoms with E-state index < -0.39 is 11.8 Å². The van der Waals surface area contributed by atoms with E-state index in [2.05, 4.69) is 36.4 Å². The number of nitrogens with one attached hydrogen (secondary N) is 5. The van der Waals surface area contributed by atoms with Gasteiger partial charge in [0.2, 0.25) is 23.6 Å². The monoisotopic (exact) mass is 963 g/mol. The minimum Gasteiger partial charge on any atom is -0.325 e. The summed E-state index contributed by atoms with van der Waals surface area (Å²) < 4.78 is 0. The quantitative estimate of drug-likeness (QED) is 0.0896. The lowest BCUT2D eigenvalue weighted by atomic mass is 9.83. The highest BCUT2D eigenvalue weighted by atomic mass is 35.5. The summed E-state index contributed by atoms with van der Waals surface area (Å²) in [6, 6.07) is 18.6. The number of carbonyl (C=O) groups is 8. The Morgan fingerprint density at radius 1 is 0.397 bits per heavy atom. The van der Waals surface area contributed by atoms with Crippen molar-refractivity contribution in [3.8, 4) is 0 Å². The van der Waals surface area contributed by atoms with Crippen LogP contribution in [0.1, 0.15) is 121 Å². The summed E-state index contributed by atoms with van der Waals surface area (Å²) in [5.74, 6) is -2.78. The number of hydrogen-bond donors (Lipinski definition) is 5. The van der Waals surface area contributed by atoms with Crippen LogP contribution in [0, 0.1) is 0 Å². The van der Waals surface area contributed by atoms with E-state index in [1.54, 1.807) is 36.4 Å². The zero-order chi connectivity index (χ0) is 48.2. The van der Waals surface area contributed by atoms with Crippen molar-refractivity contribution in [1.29, 1.82) is 0 Å². The minimum atomic E-state index is -0.423. The van der Waals surface area contributed by atoms with Crippen LogP contribution in [0.3, 0.4) is 0 Å². The molecule has 68 heavy (non-hydrogen) atoms. The SMILES string of the molecule is C1CCNCC1.O=C(CCl)Nc1ccc2c(c1)C(=O)c1cc(NC(=O)CCl)ccc1C2=O.O=C(CN1CCCCC1)Nc1ccc2c(c1)C(=O)c1cc(NC(=O)CN3CCCCC3)ccc1C2=O. The number of alkyl halides is 2. The number of nitrogens with zero attached hydrogens (tertiary/aromatic N) is 2. The highest BCUT2D eigenvalue weighted by molar-refractivity contribution is 6.31. The van der Waals surface area contributed by atoms with Gasteiger partial charge in [0.25, 0.3) is 0 Å². The molecule has 9 rings (SSSR count). The second kappa shape index (κ2) is 23.8. The Kier molecular flexibility index (Phi) is 17.4. The van der Waals surface area contributed by atoms with Gasteiger partial charge in [0, 0.05) is 67.3 Å². The predicted octanol–water partition coefficient (Wildman–Crippen LogP) is 6.89. The third-order valence-electron chi connectivity index (χ3n) is 12.3. The molecule has 0 spiro atoms. The summed E-state index contributed by atoms with van der Waals surface area (Å²) in [5.41, 5.74) is 3.75. The number of piperidine rings is 3. The molecule has 0 atom stereocenters. The Morgan fingerprint density at radius 2 is 0.676 bits per heavy atom. The molecule has 15 nitrogen and oxygen atoms in total. The summed E-state index contributed by atoms with van der Waals surface area (Å²) in [4.78, 5) is 104. The number of carbonyl (C=O) groups excluding carboxylic acids is 8. The number of benzene rings is 4. The molecule has 0 bridgehead atoms. The van der Waals surface area contributed by atoms with Crippen LogP contribution in [-0.2, 0) is 19.2 Å². The summed E-state index contributed by atoms with van der Waals surface area (Å²) in [5, 5.41) is 14.1. The van der Waals surface area contributed by atoms with Crippen LogP contribution in [-0.4, -0.2) is 121 Å². The van der Waals surface area contributed by atoms with Gasteiger partial charge in [-0.1, -0.05) is 19.3 Å². The number of rotatable bonds is 10. The van der Waals surface area contributed by atoms with E-state index in [0.29, 0.717) is 47.0 Å². The number of anilines is 4. The molecular weight excluding hydrogens is 910 g/mol. The second-order valence-corrected chi connectivity index (χ2v) is 17.8. The van der Waals surface area contributed by atoms with Gasteiger partial charge in [0.1, 0.15) is 11.8 Å². The van der Waals surface area contributed by atoms with E-state index in [1.807, 2.05) is 0 Å². The van der Waals surface area contributed by atoms with Gasteiger partial charge in [-0.15, -0.1) is 23.2 Å². The summed E-state index contributed by atoms with van der Waals surface area (Å²) >= 11 is 10.9. The number of ketones is 4. The molecule has 4 amide bonds. The molecule has 3 heterocycles. The zero-order valence-electron chi connectivity index (χ0n) is 37.8.